The minimum Gasteiger partial charge on any atom is -0.380 e. The molecule has 3 nitrogen and oxygen atoms in total. The lowest BCUT2D eigenvalue weighted by molar-refractivity contribution is 0.0847. The van der Waals surface area contributed by atoms with E-state index in [4.69, 9.17) is 4.74 Å². The van der Waals surface area contributed by atoms with Crippen LogP contribution < -0.4 is 5.32 Å². The van der Waals surface area contributed by atoms with E-state index in [0.29, 0.717) is 12.1 Å². The van der Waals surface area contributed by atoms with Crippen LogP contribution in [0.25, 0.3) is 10.9 Å². The van der Waals surface area contributed by atoms with Crippen LogP contribution in [0, 0.1) is 0 Å². The Balaban J connectivity index is 1.65. The van der Waals surface area contributed by atoms with E-state index in [9.17, 15) is 0 Å². The third-order valence-electron chi connectivity index (χ3n) is 3.94. The van der Waals surface area contributed by atoms with Gasteiger partial charge < -0.3 is 15.0 Å². The van der Waals surface area contributed by atoms with Gasteiger partial charge in [-0.15, -0.1) is 0 Å². The van der Waals surface area contributed by atoms with Gasteiger partial charge in [-0.2, -0.15) is 0 Å². The second-order valence-electron chi connectivity index (χ2n) is 5.09. The summed E-state index contributed by atoms with van der Waals surface area (Å²) in [4.78, 5) is 3.26. The number of H-pyrrole nitrogens is 1. The summed E-state index contributed by atoms with van der Waals surface area (Å²) in [7, 11) is 1.82. The van der Waals surface area contributed by atoms with E-state index in [1.165, 1.54) is 35.7 Å². The average molecular weight is 244 g/mol. The molecule has 1 saturated carbocycles. The maximum Gasteiger partial charge on any atom is 0.0724 e. The molecule has 2 aromatic rings. The van der Waals surface area contributed by atoms with Gasteiger partial charge in [0.1, 0.15) is 0 Å². The number of rotatable bonds is 4. The van der Waals surface area contributed by atoms with Gasteiger partial charge in [-0.05, 0) is 42.3 Å². The summed E-state index contributed by atoms with van der Waals surface area (Å²) >= 11 is 0. The molecule has 1 aliphatic rings. The van der Waals surface area contributed by atoms with Crippen LogP contribution in [0.2, 0.25) is 0 Å². The highest BCUT2D eigenvalue weighted by molar-refractivity contribution is 5.79. The van der Waals surface area contributed by atoms with E-state index < -0.39 is 0 Å². The molecule has 0 amide bonds. The van der Waals surface area contributed by atoms with Crippen molar-refractivity contribution >= 4 is 10.9 Å². The molecule has 1 aromatic carbocycles. The van der Waals surface area contributed by atoms with Crippen molar-refractivity contribution in [1.82, 2.24) is 10.3 Å². The molecule has 0 saturated heterocycles. The lowest BCUT2D eigenvalue weighted by Crippen LogP contribution is -2.36. The van der Waals surface area contributed by atoms with Crippen LogP contribution in [-0.4, -0.2) is 24.2 Å². The molecule has 1 aliphatic carbocycles. The number of aromatic nitrogens is 1. The van der Waals surface area contributed by atoms with Gasteiger partial charge in [-0.25, -0.2) is 0 Å². The number of ether oxygens (including phenoxy) is 1. The largest absolute Gasteiger partial charge is 0.380 e. The first-order valence-corrected chi connectivity index (χ1v) is 6.69. The number of fused-ring (bicyclic) bond motifs is 1. The summed E-state index contributed by atoms with van der Waals surface area (Å²) in [5, 5.41) is 4.89. The number of aromatic amines is 1. The zero-order chi connectivity index (χ0) is 12.4. The molecule has 2 N–H and O–H groups in total. The molecule has 2 unspecified atom stereocenters. The lowest BCUT2D eigenvalue weighted by Gasteiger charge is -2.19. The average Bonchev–Trinajstić information content (AvgIpc) is 3.04. The predicted molar refractivity (Wildman–Crippen MR) is 73.6 cm³/mol. The van der Waals surface area contributed by atoms with Crippen molar-refractivity contribution in [2.45, 2.75) is 38.0 Å². The summed E-state index contributed by atoms with van der Waals surface area (Å²) < 4.78 is 5.50. The maximum absolute atomic E-state index is 5.50. The molecule has 96 valence electrons. The molecule has 2 atom stereocenters. The molecule has 1 heterocycles. The van der Waals surface area contributed by atoms with Crippen molar-refractivity contribution in [1.29, 1.82) is 0 Å². The van der Waals surface area contributed by atoms with Crippen LogP contribution in [0.15, 0.2) is 30.5 Å². The highest BCUT2D eigenvalue weighted by atomic mass is 16.5. The van der Waals surface area contributed by atoms with Gasteiger partial charge in [0.15, 0.2) is 0 Å². The minimum absolute atomic E-state index is 0.388. The van der Waals surface area contributed by atoms with Gasteiger partial charge in [0.2, 0.25) is 0 Å². The van der Waals surface area contributed by atoms with Crippen LogP contribution >= 0.6 is 0 Å². The molecule has 3 heteroatoms. The summed E-state index contributed by atoms with van der Waals surface area (Å²) in [5.41, 5.74) is 2.54. The number of hydrogen-bond donors (Lipinski definition) is 2. The SMILES string of the molecule is COC1CCCC1NCc1ccc2cc[nH]c2c1. The molecule has 0 radical (unpaired) electrons. The highest BCUT2D eigenvalue weighted by Crippen LogP contribution is 2.22. The molecule has 18 heavy (non-hydrogen) atoms. The van der Waals surface area contributed by atoms with Gasteiger partial charge in [-0.3, -0.25) is 0 Å². The fourth-order valence-electron chi connectivity index (χ4n) is 2.90. The fraction of sp³-hybridized carbons (Fsp3) is 0.467. The summed E-state index contributed by atoms with van der Waals surface area (Å²) in [6.07, 6.45) is 6.05. The quantitative estimate of drug-likeness (QED) is 0.867. The van der Waals surface area contributed by atoms with Crippen LogP contribution in [0.3, 0.4) is 0 Å². The van der Waals surface area contributed by atoms with E-state index >= 15 is 0 Å². The Bertz CT molecular complexity index is 520. The molecule has 1 fully saturated rings. The Hall–Kier alpha value is -1.32. The number of methoxy groups -OCH3 is 1. The lowest BCUT2D eigenvalue weighted by atomic mass is 10.1. The van der Waals surface area contributed by atoms with Crippen molar-refractivity contribution in [3.05, 3.63) is 36.0 Å². The second kappa shape index (κ2) is 5.12. The highest BCUT2D eigenvalue weighted by Gasteiger charge is 2.26. The van der Waals surface area contributed by atoms with Crippen LogP contribution in [0.4, 0.5) is 0 Å². The van der Waals surface area contributed by atoms with Gasteiger partial charge in [0.05, 0.1) is 6.10 Å². The Kier molecular flexibility index (Phi) is 3.35. The normalized spacial score (nSPS) is 23.8. The zero-order valence-corrected chi connectivity index (χ0v) is 10.8. The topological polar surface area (TPSA) is 37.0 Å². The first-order chi connectivity index (χ1) is 8.86. The molecule has 0 spiro atoms. The Labute approximate surface area is 108 Å². The Morgan fingerprint density at radius 3 is 3.17 bits per heavy atom. The molecular formula is C15H20N2O. The monoisotopic (exact) mass is 244 g/mol. The molecule has 1 aromatic heterocycles. The van der Waals surface area contributed by atoms with E-state index in [1.807, 2.05) is 13.3 Å². The third-order valence-corrected chi connectivity index (χ3v) is 3.94. The van der Waals surface area contributed by atoms with Crippen molar-refractivity contribution in [2.24, 2.45) is 0 Å². The third kappa shape index (κ3) is 2.28. The zero-order valence-electron chi connectivity index (χ0n) is 10.8. The smallest absolute Gasteiger partial charge is 0.0724 e. The van der Waals surface area contributed by atoms with Crippen molar-refractivity contribution < 1.29 is 4.74 Å². The van der Waals surface area contributed by atoms with E-state index in [0.717, 1.165) is 6.54 Å². The number of benzene rings is 1. The van der Waals surface area contributed by atoms with E-state index in [-0.39, 0.29) is 0 Å². The van der Waals surface area contributed by atoms with E-state index in [1.54, 1.807) is 0 Å². The fourth-order valence-corrected chi connectivity index (χ4v) is 2.90. The van der Waals surface area contributed by atoms with Crippen LogP contribution in [0.1, 0.15) is 24.8 Å². The predicted octanol–water partition coefficient (Wildman–Crippen LogP) is 2.83. The number of hydrogen-bond acceptors (Lipinski definition) is 2. The molecular weight excluding hydrogens is 224 g/mol. The van der Waals surface area contributed by atoms with Gasteiger partial charge in [0, 0.05) is 31.4 Å². The first-order valence-electron chi connectivity index (χ1n) is 6.69. The summed E-state index contributed by atoms with van der Waals surface area (Å²) in [6.45, 7) is 0.916. The summed E-state index contributed by atoms with van der Waals surface area (Å²) in [5.74, 6) is 0. The second-order valence-corrected chi connectivity index (χ2v) is 5.09. The van der Waals surface area contributed by atoms with Gasteiger partial charge >= 0.3 is 0 Å². The standard InChI is InChI=1S/C15H20N2O/c1-18-15-4-2-3-13(15)17-10-11-5-6-12-7-8-16-14(12)9-11/h5-9,13,15-17H,2-4,10H2,1H3. The minimum atomic E-state index is 0.388. The van der Waals surface area contributed by atoms with Gasteiger partial charge in [0.25, 0.3) is 0 Å². The van der Waals surface area contributed by atoms with Crippen molar-refractivity contribution in [2.75, 3.05) is 7.11 Å². The van der Waals surface area contributed by atoms with Crippen molar-refractivity contribution in [3.8, 4) is 0 Å². The van der Waals surface area contributed by atoms with Gasteiger partial charge in [-0.1, -0.05) is 12.1 Å². The van der Waals surface area contributed by atoms with Crippen molar-refractivity contribution in [3.63, 3.8) is 0 Å². The first kappa shape index (κ1) is 11.8. The molecule has 0 aliphatic heterocycles. The van der Waals surface area contributed by atoms with E-state index in [2.05, 4.69) is 34.6 Å². The summed E-state index contributed by atoms with van der Waals surface area (Å²) in [6, 6.07) is 9.20. The van der Waals surface area contributed by atoms with Crippen LogP contribution in [-0.2, 0) is 11.3 Å². The maximum atomic E-state index is 5.50. The molecule has 3 rings (SSSR count). The molecule has 0 bridgehead atoms. The number of nitrogens with one attached hydrogen (secondary N) is 2. The Morgan fingerprint density at radius 2 is 2.28 bits per heavy atom. The Morgan fingerprint density at radius 1 is 1.33 bits per heavy atom. The van der Waals surface area contributed by atoms with Crippen LogP contribution in [0.5, 0.6) is 0 Å².